The van der Waals surface area contributed by atoms with Crippen molar-refractivity contribution in [2.24, 2.45) is 0 Å². The topological polar surface area (TPSA) is 64.0 Å². The Morgan fingerprint density at radius 2 is 2.04 bits per heavy atom. The first kappa shape index (κ1) is 17.6. The summed E-state index contributed by atoms with van der Waals surface area (Å²) in [5.41, 5.74) is 3.68. The van der Waals surface area contributed by atoms with Crippen molar-refractivity contribution < 1.29 is 4.79 Å². The van der Waals surface area contributed by atoms with Gasteiger partial charge in [-0.1, -0.05) is 12.1 Å². The number of carbonyl (C=O) groups excluding carboxylic acids is 1. The smallest absolute Gasteiger partial charge is 0.263 e. The number of aryl methyl sites for hydroxylation is 2. The van der Waals surface area contributed by atoms with E-state index in [1.807, 2.05) is 54.9 Å². The Hall–Kier alpha value is -2.77. The van der Waals surface area contributed by atoms with Gasteiger partial charge in [0, 0.05) is 21.5 Å². The van der Waals surface area contributed by atoms with Crippen LogP contribution in [0, 0.1) is 13.8 Å². The van der Waals surface area contributed by atoms with Gasteiger partial charge in [0.1, 0.15) is 11.4 Å². The number of benzene rings is 1. The van der Waals surface area contributed by atoms with Gasteiger partial charge in [0.05, 0.1) is 11.7 Å². The highest BCUT2D eigenvalue weighted by atomic mass is 32.1. The molecule has 0 aliphatic carbocycles. The van der Waals surface area contributed by atoms with Gasteiger partial charge in [0.25, 0.3) is 5.56 Å². The molecule has 5 nitrogen and oxygen atoms in total. The van der Waals surface area contributed by atoms with Crippen molar-refractivity contribution in [2.45, 2.75) is 20.4 Å². The molecule has 0 bridgehead atoms. The van der Waals surface area contributed by atoms with Crippen molar-refractivity contribution in [3.63, 3.8) is 0 Å². The molecule has 136 valence electrons. The van der Waals surface area contributed by atoms with Crippen LogP contribution in [0.3, 0.4) is 0 Å². The molecule has 0 saturated heterocycles. The summed E-state index contributed by atoms with van der Waals surface area (Å²) in [6, 6.07) is 9.68. The predicted octanol–water partition coefficient (Wildman–Crippen LogP) is 4.44. The van der Waals surface area contributed by atoms with Crippen molar-refractivity contribution in [1.29, 1.82) is 0 Å². The molecule has 0 fully saturated rings. The number of hydrogen-bond acceptors (Lipinski definition) is 5. The van der Waals surface area contributed by atoms with Crippen LogP contribution in [0.25, 0.3) is 20.7 Å². The Kier molecular flexibility index (Phi) is 4.63. The maximum atomic E-state index is 12.9. The first-order valence-electron chi connectivity index (χ1n) is 8.40. The number of aromatic nitrogens is 2. The van der Waals surface area contributed by atoms with E-state index in [1.165, 1.54) is 22.2 Å². The van der Waals surface area contributed by atoms with Crippen LogP contribution in [-0.4, -0.2) is 15.5 Å². The van der Waals surface area contributed by atoms with Gasteiger partial charge in [-0.05, 0) is 48.6 Å². The fraction of sp³-hybridized carbons (Fsp3) is 0.150. The van der Waals surface area contributed by atoms with E-state index in [0.717, 1.165) is 27.3 Å². The average Bonchev–Trinajstić information content (AvgIpc) is 3.30. The molecule has 1 N–H and O–H groups in total. The summed E-state index contributed by atoms with van der Waals surface area (Å²) in [4.78, 5) is 31.4. The minimum Gasteiger partial charge on any atom is -0.325 e. The standard InChI is InChI=1S/C20H17N3O2S2/c1-12-5-6-14(8-13(12)2)22-17(24)9-23-11-21-19-18(20(23)25)15(10-27-19)16-4-3-7-26-16/h3-8,10-11H,9H2,1-2H3,(H,22,24). The van der Waals surface area contributed by atoms with E-state index in [1.54, 1.807) is 11.3 Å². The monoisotopic (exact) mass is 395 g/mol. The molecule has 4 rings (SSSR count). The van der Waals surface area contributed by atoms with Crippen LogP contribution in [0.15, 0.2) is 52.2 Å². The van der Waals surface area contributed by atoms with Gasteiger partial charge >= 0.3 is 0 Å². The minimum atomic E-state index is -0.255. The first-order valence-corrected chi connectivity index (χ1v) is 10.2. The SMILES string of the molecule is Cc1ccc(NC(=O)Cn2cnc3scc(-c4cccs4)c3c2=O)cc1C. The Balaban J connectivity index is 1.63. The van der Waals surface area contributed by atoms with Gasteiger partial charge in [-0.3, -0.25) is 14.2 Å². The Morgan fingerprint density at radius 1 is 1.19 bits per heavy atom. The molecule has 1 aromatic carbocycles. The normalized spacial score (nSPS) is 11.0. The lowest BCUT2D eigenvalue weighted by molar-refractivity contribution is -0.116. The van der Waals surface area contributed by atoms with E-state index in [2.05, 4.69) is 10.3 Å². The highest BCUT2D eigenvalue weighted by Gasteiger charge is 2.15. The van der Waals surface area contributed by atoms with Crippen LogP contribution in [0.1, 0.15) is 11.1 Å². The third-order valence-electron chi connectivity index (χ3n) is 4.45. The third kappa shape index (κ3) is 3.43. The molecular formula is C20H17N3O2S2. The quantitative estimate of drug-likeness (QED) is 0.555. The molecule has 7 heteroatoms. The molecule has 1 amide bonds. The lowest BCUT2D eigenvalue weighted by atomic mass is 10.1. The molecular weight excluding hydrogens is 378 g/mol. The third-order valence-corrected chi connectivity index (χ3v) is 6.24. The molecule has 27 heavy (non-hydrogen) atoms. The van der Waals surface area contributed by atoms with Gasteiger partial charge in [0.2, 0.25) is 5.91 Å². The average molecular weight is 396 g/mol. The van der Waals surface area contributed by atoms with Crippen LogP contribution in [0.4, 0.5) is 5.69 Å². The van der Waals surface area contributed by atoms with E-state index in [0.29, 0.717) is 10.2 Å². The van der Waals surface area contributed by atoms with Gasteiger partial charge in [-0.15, -0.1) is 22.7 Å². The van der Waals surface area contributed by atoms with Gasteiger partial charge in [-0.25, -0.2) is 4.98 Å². The summed E-state index contributed by atoms with van der Waals surface area (Å²) >= 11 is 3.02. The second-order valence-electron chi connectivity index (χ2n) is 6.33. The Bertz CT molecular complexity index is 1190. The maximum Gasteiger partial charge on any atom is 0.263 e. The van der Waals surface area contributed by atoms with E-state index in [9.17, 15) is 9.59 Å². The van der Waals surface area contributed by atoms with E-state index in [4.69, 9.17) is 0 Å². The van der Waals surface area contributed by atoms with E-state index >= 15 is 0 Å². The molecule has 0 saturated carbocycles. The van der Waals surface area contributed by atoms with Crippen LogP contribution in [0.5, 0.6) is 0 Å². The zero-order valence-corrected chi connectivity index (χ0v) is 16.5. The fourth-order valence-electron chi connectivity index (χ4n) is 2.87. The summed E-state index contributed by atoms with van der Waals surface area (Å²) in [7, 11) is 0. The fourth-order valence-corrected chi connectivity index (χ4v) is 4.59. The largest absolute Gasteiger partial charge is 0.325 e. The number of thiophene rings is 2. The van der Waals surface area contributed by atoms with Crippen LogP contribution < -0.4 is 10.9 Å². The molecule has 0 aliphatic heterocycles. The predicted molar refractivity (Wildman–Crippen MR) is 112 cm³/mol. The first-order chi connectivity index (χ1) is 13.0. The lowest BCUT2D eigenvalue weighted by Crippen LogP contribution is -2.27. The summed E-state index contributed by atoms with van der Waals surface area (Å²) in [5.74, 6) is -0.255. The summed E-state index contributed by atoms with van der Waals surface area (Å²) in [5, 5.41) is 7.35. The van der Waals surface area contributed by atoms with Crippen molar-refractivity contribution in [2.75, 3.05) is 5.32 Å². The number of amides is 1. The second-order valence-corrected chi connectivity index (χ2v) is 8.14. The molecule has 0 spiro atoms. The Labute approximate surface area is 163 Å². The Morgan fingerprint density at radius 3 is 2.78 bits per heavy atom. The number of carbonyl (C=O) groups is 1. The molecule has 0 aliphatic rings. The van der Waals surface area contributed by atoms with E-state index in [-0.39, 0.29) is 18.0 Å². The number of nitrogens with zero attached hydrogens (tertiary/aromatic N) is 2. The number of hydrogen-bond donors (Lipinski definition) is 1. The van der Waals surface area contributed by atoms with Crippen LogP contribution >= 0.6 is 22.7 Å². The summed E-state index contributed by atoms with van der Waals surface area (Å²) in [6.45, 7) is 3.94. The van der Waals surface area contributed by atoms with Crippen molar-refractivity contribution >= 4 is 44.5 Å². The highest BCUT2D eigenvalue weighted by Crippen LogP contribution is 2.33. The minimum absolute atomic E-state index is 0.0750. The molecule has 0 unspecified atom stereocenters. The lowest BCUT2D eigenvalue weighted by Gasteiger charge is -2.09. The number of nitrogens with one attached hydrogen (secondary N) is 1. The zero-order chi connectivity index (χ0) is 19.0. The molecule has 3 aromatic heterocycles. The maximum absolute atomic E-state index is 12.9. The van der Waals surface area contributed by atoms with Gasteiger partial charge in [0.15, 0.2) is 0 Å². The number of fused-ring (bicyclic) bond motifs is 1. The van der Waals surface area contributed by atoms with Crippen molar-refractivity contribution in [3.8, 4) is 10.4 Å². The molecule has 3 heterocycles. The number of anilines is 1. The molecule has 0 radical (unpaired) electrons. The molecule has 4 aromatic rings. The highest BCUT2D eigenvalue weighted by molar-refractivity contribution is 7.18. The van der Waals surface area contributed by atoms with Crippen LogP contribution in [0.2, 0.25) is 0 Å². The van der Waals surface area contributed by atoms with Crippen molar-refractivity contribution in [1.82, 2.24) is 9.55 Å². The van der Waals surface area contributed by atoms with E-state index < -0.39 is 0 Å². The summed E-state index contributed by atoms with van der Waals surface area (Å²) < 4.78 is 1.36. The second kappa shape index (κ2) is 7.09. The number of rotatable bonds is 4. The van der Waals surface area contributed by atoms with Crippen LogP contribution in [-0.2, 0) is 11.3 Å². The van der Waals surface area contributed by atoms with Gasteiger partial charge < -0.3 is 5.32 Å². The van der Waals surface area contributed by atoms with Crippen molar-refractivity contribution in [3.05, 3.63) is 68.9 Å². The van der Waals surface area contributed by atoms with Gasteiger partial charge in [-0.2, -0.15) is 0 Å². The molecule has 0 atom stereocenters. The zero-order valence-electron chi connectivity index (χ0n) is 14.9. The summed E-state index contributed by atoms with van der Waals surface area (Å²) in [6.07, 6.45) is 1.44.